The number of hydrogen-bond donors (Lipinski definition) is 0. The summed E-state index contributed by atoms with van der Waals surface area (Å²) < 4.78 is 0. The molecule has 0 unspecified atom stereocenters. The lowest BCUT2D eigenvalue weighted by Crippen LogP contribution is -1.92. The molecule has 0 saturated heterocycles. The molecule has 0 aromatic heterocycles. The zero-order chi connectivity index (χ0) is 9.36. The lowest BCUT2D eigenvalue weighted by molar-refractivity contribution is -0.114. The molecule has 0 aliphatic heterocycles. The summed E-state index contributed by atoms with van der Waals surface area (Å²) in [5.41, 5.74) is 0. The molecule has 13 heavy (non-hydrogen) atoms. The molecule has 72 valence electrons. The second-order valence-electron chi connectivity index (χ2n) is 3.56. The number of carbonyl (C=O) groups is 1. The Morgan fingerprint density at radius 1 is 0.923 bits per heavy atom. The summed E-state index contributed by atoms with van der Waals surface area (Å²) >= 11 is 0. The molecule has 1 nitrogen and oxygen atoms in total. The Balaban J connectivity index is 2.37. The first-order chi connectivity index (χ1) is 6.39. The average Bonchev–Trinajstić information content (AvgIpc) is 2.11. The van der Waals surface area contributed by atoms with E-state index in [1.807, 2.05) is 12.2 Å². The normalized spacial score (nSPS) is 25.7. The van der Waals surface area contributed by atoms with E-state index >= 15 is 0 Å². The van der Waals surface area contributed by atoms with Crippen molar-refractivity contribution in [2.75, 3.05) is 0 Å². The van der Waals surface area contributed by atoms with Gasteiger partial charge in [-0.1, -0.05) is 37.5 Å². The summed E-state index contributed by atoms with van der Waals surface area (Å²) in [5, 5.41) is 0. The van der Waals surface area contributed by atoms with Crippen molar-refractivity contribution >= 4 is 5.78 Å². The van der Waals surface area contributed by atoms with Gasteiger partial charge in [0, 0.05) is 6.42 Å². The molecule has 1 rings (SSSR count). The van der Waals surface area contributed by atoms with Crippen LogP contribution in [0.4, 0.5) is 0 Å². The molecule has 0 spiro atoms. The third-order valence-electron chi connectivity index (χ3n) is 2.32. The number of ketones is 1. The van der Waals surface area contributed by atoms with Gasteiger partial charge in [-0.3, -0.25) is 4.79 Å². The smallest absolute Gasteiger partial charge is 0.155 e. The molecule has 0 aromatic rings. The number of hydrogen-bond acceptors (Lipinski definition) is 1. The fourth-order valence-corrected chi connectivity index (χ4v) is 1.51. The van der Waals surface area contributed by atoms with E-state index in [-0.39, 0.29) is 5.78 Å². The average molecular weight is 178 g/mol. The van der Waals surface area contributed by atoms with Gasteiger partial charge < -0.3 is 0 Å². The molecule has 1 aliphatic rings. The van der Waals surface area contributed by atoms with Gasteiger partial charge in [0.05, 0.1) is 0 Å². The van der Waals surface area contributed by atoms with Gasteiger partial charge in [-0.05, 0) is 25.3 Å². The Morgan fingerprint density at radius 2 is 1.69 bits per heavy atom. The quantitative estimate of drug-likeness (QED) is 0.555. The molecule has 1 aliphatic carbocycles. The fourth-order valence-electron chi connectivity index (χ4n) is 1.51. The van der Waals surface area contributed by atoms with E-state index in [4.69, 9.17) is 0 Å². The zero-order valence-electron chi connectivity index (χ0n) is 8.17. The lowest BCUT2D eigenvalue weighted by atomic mass is 10.1. The van der Waals surface area contributed by atoms with Crippen molar-refractivity contribution in [2.45, 2.75) is 44.9 Å². The molecule has 0 aromatic carbocycles. The van der Waals surface area contributed by atoms with Crippen molar-refractivity contribution in [3.05, 3.63) is 24.3 Å². The molecule has 0 N–H and O–H groups in total. The molecular formula is C12H18O. The van der Waals surface area contributed by atoms with Crippen molar-refractivity contribution in [3.63, 3.8) is 0 Å². The molecule has 1 heteroatoms. The highest BCUT2D eigenvalue weighted by Crippen LogP contribution is 2.09. The molecule has 0 atom stereocenters. The van der Waals surface area contributed by atoms with Gasteiger partial charge in [0.15, 0.2) is 5.78 Å². The Labute approximate surface area is 80.5 Å². The summed E-state index contributed by atoms with van der Waals surface area (Å²) in [5.74, 6) is 0.269. The van der Waals surface area contributed by atoms with Gasteiger partial charge in [0.2, 0.25) is 0 Å². The Kier molecular flexibility index (Phi) is 5.23. The van der Waals surface area contributed by atoms with Crippen LogP contribution >= 0.6 is 0 Å². The van der Waals surface area contributed by atoms with Crippen LogP contribution in [0.25, 0.3) is 0 Å². The van der Waals surface area contributed by atoms with E-state index in [0.29, 0.717) is 0 Å². The van der Waals surface area contributed by atoms with Crippen LogP contribution in [0.1, 0.15) is 44.9 Å². The van der Waals surface area contributed by atoms with E-state index in [0.717, 1.165) is 19.3 Å². The van der Waals surface area contributed by atoms with E-state index in [1.165, 1.54) is 25.7 Å². The monoisotopic (exact) mass is 178 g/mol. The number of allylic oxidation sites excluding steroid dienone is 4. The van der Waals surface area contributed by atoms with Crippen LogP contribution < -0.4 is 0 Å². The summed E-state index contributed by atoms with van der Waals surface area (Å²) in [6.45, 7) is 0. The van der Waals surface area contributed by atoms with E-state index < -0.39 is 0 Å². The summed E-state index contributed by atoms with van der Waals surface area (Å²) in [6, 6.07) is 0. The molecule has 0 heterocycles. The van der Waals surface area contributed by atoms with Gasteiger partial charge in [-0.25, -0.2) is 0 Å². The molecule has 0 saturated carbocycles. The van der Waals surface area contributed by atoms with Crippen LogP contribution in [0.3, 0.4) is 0 Å². The highest BCUT2D eigenvalue weighted by Gasteiger charge is 1.96. The van der Waals surface area contributed by atoms with Crippen LogP contribution in [-0.2, 0) is 4.79 Å². The van der Waals surface area contributed by atoms with Crippen LogP contribution in [0.15, 0.2) is 24.3 Å². The summed E-state index contributed by atoms with van der Waals surface area (Å²) in [7, 11) is 0. The number of rotatable bonds is 0. The van der Waals surface area contributed by atoms with Gasteiger partial charge in [0.25, 0.3) is 0 Å². The molecule has 0 bridgehead atoms. The van der Waals surface area contributed by atoms with Crippen molar-refractivity contribution in [2.24, 2.45) is 0 Å². The molecular weight excluding hydrogens is 160 g/mol. The van der Waals surface area contributed by atoms with Gasteiger partial charge in [-0.2, -0.15) is 0 Å². The van der Waals surface area contributed by atoms with Gasteiger partial charge in [-0.15, -0.1) is 0 Å². The highest BCUT2D eigenvalue weighted by molar-refractivity contribution is 5.89. The fraction of sp³-hybridized carbons (Fsp3) is 0.583. The van der Waals surface area contributed by atoms with Crippen molar-refractivity contribution in [3.8, 4) is 0 Å². The minimum absolute atomic E-state index is 0.269. The largest absolute Gasteiger partial charge is 0.295 e. The maximum atomic E-state index is 11.2. The maximum Gasteiger partial charge on any atom is 0.155 e. The minimum atomic E-state index is 0.269. The second-order valence-corrected chi connectivity index (χ2v) is 3.56. The van der Waals surface area contributed by atoms with Crippen LogP contribution in [0.2, 0.25) is 0 Å². The SMILES string of the molecule is O=C1/C=C/C=C\CCCCCCC1. The summed E-state index contributed by atoms with van der Waals surface area (Å²) in [4.78, 5) is 11.2. The first-order valence-electron chi connectivity index (χ1n) is 5.25. The maximum absolute atomic E-state index is 11.2. The Morgan fingerprint density at radius 3 is 2.62 bits per heavy atom. The predicted molar refractivity (Wildman–Crippen MR) is 55.6 cm³/mol. The molecule has 0 radical (unpaired) electrons. The van der Waals surface area contributed by atoms with E-state index in [1.54, 1.807) is 6.08 Å². The van der Waals surface area contributed by atoms with E-state index in [9.17, 15) is 4.79 Å². The van der Waals surface area contributed by atoms with Crippen molar-refractivity contribution in [1.82, 2.24) is 0 Å². The highest BCUT2D eigenvalue weighted by atomic mass is 16.1. The third-order valence-corrected chi connectivity index (χ3v) is 2.32. The Bertz CT molecular complexity index is 201. The standard InChI is InChI=1S/C12H18O/c13-12-10-8-6-4-2-1-3-5-7-9-11-12/h4,6,8,10H,1-3,5,7,9,11H2/b6-4-,10-8+. The second kappa shape index (κ2) is 6.64. The first kappa shape index (κ1) is 10.2. The molecule has 0 fully saturated rings. The third kappa shape index (κ3) is 5.40. The number of carbonyl (C=O) groups excluding carboxylic acids is 1. The van der Waals surface area contributed by atoms with Crippen LogP contribution in [0, 0.1) is 0 Å². The lowest BCUT2D eigenvalue weighted by Gasteiger charge is -1.99. The first-order valence-corrected chi connectivity index (χ1v) is 5.25. The Hall–Kier alpha value is -0.850. The minimum Gasteiger partial charge on any atom is -0.295 e. The topological polar surface area (TPSA) is 17.1 Å². The van der Waals surface area contributed by atoms with Gasteiger partial charge in [0.1, 0.15) is 0 Å². The van der Waals surface area contributed by atoms with Crippen molar-refractivity contribution in [1.29, 1.82) is 0 Å². The molecule has 0 amide bonds. The zero-order valence-corrected chi connectivity index (χ0v) is 8.17. The van der Waals surface area contributed by atoms with E-state index in [2.05, 4.69) is 6.08 Å². The van der Waals surface area contributed by atoms with Crippen LogP contribution in [-0.4, -0.2) is 5.78 Å². The summed E-state index contributed by atoms with van der Waals surface area (Å²) in [6.07, 6.45) is 15.7. The van der Waals surface area contributed by atoms with Crippen LogP contribution in [0.5, 0.6) is 0 Å². The van der Waals surface area contributed by atoms with Crippen molar-refractivity contribution < 1.29 is 4.79 Å². The predicted octanol–water partition coefficient (Wildman–Crippen LogP) is 3.41. The van der Waals surface area contributed by atoms with Gasteiger partial charge >= 0.3 is 0 Å².